The van der Waals surface area contributed by atoms with Crippen molar-refractivity contribution in [2.24, 2.45) is 0 Å². The fourth-order valence-corrected chi connectivity index (χ4v) is 4.84. The first kappa shape index (κ1) is 17.9. The van der Waals surface area contributed by atoms with E-state index in [0.29, 0.717) is 16.2 Å². The monoisotopic (exact) mass is 377 g/mol. The molecule has 0 saturated heterocycles. The summed E-state index contributed by atoms with van der Waals surface area (Å²) in [4.78, 5) is 1.80. The smallest absolute Gasteiger partial charge is 0.241 e. The van der Waals surface area contributed by atoms with E-state index in [1.807, 2.05) is 13.0 Å². The highest BCUT2D eigenvalue weighted by Gasteiger charge is 2.19. The highest BCUT2D eigenvalue weighted by molar-refractivity contribution is 7.89. The SMILES string of the molecule is Cc1ccc(S(=O)(=O)NCc2ccc(C(O)c3ccco3)s2)c(C)c1. The van der Waals surface area contributed by atoms with Crippen LogP contribution in [0.25, 0.3) is 0 Å². The maximum absolute atomic E-state index is 12.5. The Kier molecular flexibility index (Phi) is 5.10. The van der Waals surface area contributed by atoms with Crippen LogP contribution in [0.1, 0.15) is 32.7 Å². The number of hydrogen-bond donors (Lipinski definition) is 2. The van der Waals surface area contributed by atoms with Gasteiger partial charge in [-0.1, -0.05) is 17.7 Å². The molecule has 25 heavy (non-hydrogen) atoms. The molecule has 0 radical (unpaired) electrons. The molecule has 0 bridgehead atoms. The van der Waals surface area contributed by atoms with E-state index < -0.39 is 16.1 Å². The third kappa shape index (κ3) is 4.01. The van der Waals surface area contributed by atoms with Crippen LogP contribution in [0.4, 0.5) is 0 Å². The van der Waals surface area contributed by atoms with Crippen LogP contribution in [0.15, 0.2) is 58.0 Å². The molecule has 2 aromatic heterocycles. The second-order valence-electron chi connectivity index (χ2n) is 5.82. The van der Waals surface area contributed by atoms with E-state index in [-0.39, 0.29) is 11.4 Å². The van der Waals surface area contributed by atoms with Crippen molar-refractivity contribution in [3.05, 3.63) is 75.4 Å². The van der Waals surface area contributed by atoms with Gasteiger partial charge in [-0.05, 0) is 49.7 Å². The fourth-order valence-electron chi connectivity index (χ4n) is 2.57. The molecule has 2 N–H and O–H groups in total. The van der Waals surface area contributed by atoms with E-state index in [2.05, 4.69) is 4.72 Å². The maximum atomic E-state index is 12.5. The number of aliphatic hydroxyl groups excluding tert-OH is 1. The highest BCUT2D eigenvalue weighted by Crippen LogP contribution is 2.29. The van der Waals surface area contributed by atoms with Crippen molar-refractivity contribution in [3.63, 3.8) is 0 Å². The lowest BCUT2D eigenvalue weighted by Crippen LogP contribution is -2.23. The van der Waals surface area contributed by atoms with Gasteiger partial charge in [0.25, 0.3) is 0 Å². The second kappa shape index (κ2) is 7.13. The predicted molar refractivity (Wildman–Crippen MR) is 97.0 cm³/mol. The molecular weight excluding hydrogens is 358 g/mol. The van der Waals surface area contributed by atoms with E-state index >= 15 is 0 Å². The predicted octanol–water partition coefficient (Wildman–Crippen LogP) is 3.52. The molecule has 0 aliphatic carbocycles. The Bertz CT molecular complexity index is 959. The highest BCUT2D eigenvalue weighted by atomic mass is 32.2. The van der Waals surface area contributed by atoms with Crippen LogP contribution in [-0.2, 0) is 16.6 Å². The quantitative estimate of drug-likeness (QED) is 0.689. The summed E-state index contributed by atoms with van der Waals surface area (Å²) in [5.41, 5.74) is 1.74. The largest absolute Gasteiger partial charge is 0.466 e. The van der Waals surface area contributed by atoms with E-state index in [4.69, 9.17) is 4.42 Å². The summed E-state index contributed by atoms with van der Waals surface area (Å²) in [6.07, 6.45) is 0.662. The number of furan rings is 1. The van der Waals surface area contributed by atoms with Crippen LogP contribution in [0.3, 0.4) is 0 Å². The van der Waals surface area contributed by atoms with Gasteiger partial charge in [0.1, 0.15) is 11.9 Å². The van der Waals surface area contributed by atoms with Crippen LogP contribution in [0, 0.1) is 13.8 Å². The molecule has 0 spiro atoms. The Morgan fingerprint density at radius 1 is 1.20 bits per heavy atom. The Morgan fingerprint density at radius 3 is 2.68 bits per heavy atom. The van der Waals surface area contributed by atoms with E-state index in [1.54, 1.807) is 43.3 Å². The number of rotatable bonds is 6. The van der Waals surface area contributed by atoms with Gasteiger partial charge in [0.05, 0.1) is 11.2 Å². The van der Waals surface area contributed by atoms with Crippen LogP contribution in [0.5, 0.6) is 0 Å². The van der Waals surface area contributed by atoms with Crippen molar-refractivity contribution in [2.45, 2.75) is 31.4 Å². The third-order valence-corrected chi connectivity index (χ3v) is 6.52. The summed E-state index contributed by atoms with van der Waals surface area (Å²) in [6, 6.07) is 12.2. The van der Waals surface area contributed by atoms with Crippen molar-refractivity contribution < 1.29 is 17.9 Å². The molecule has 2 heterocycles. The van der Waals surface area contributed by atoms with Crippen molar-refractivity contribution in [3.8, 4) is 0 Å². The lowest BCUT2D eigenvalue weighted by Gasteiger charge is -2.09. The summed E-state index contributed by atoms with van der Waals surface area (Å²) >= 11 is 1.34. The zero-order valence-corrected chi connectivity index (χ0v) is 15.5. The first-order chi connectivity index (χ1) is 11.9. The zero-order chi connectivity index (χ0) is 18.0. The van der Waals surface area contributed by atoms with Crippen LogP contribution in [0.2, 0.25) is 0 Å². The summed E-state index contributed by atoms with van der Waals surface area (Å²) in [6.45, 7) is 3.88. The summed E-state index contributed by atoms with van der Waals surface area (Å²) in [7, 11) is -3.58. The molecule has 7 heteroatoms. The average Bonchev–Trinajstić information content (AvgIpc) is 3.24. The molecule has 0 saturated carbocycles. The number of hydrogen-bond acceptors (Lipinski definition) is 5. The molecule has 1 aromatic carbocycles. The molecular formula is C18H19NO4S2. The van der Waals surface area contributed by atoms with E-state index in [0.717, 1.165) is 10.4 Å². The second-order valence-corrected chi connectivity index (χ2v) is 8.75. The molecule has 3 aromatic rings. The molecule has 132 valence electrons. The molecule has 3 rings (SSSR count). The molecule has 0 fully saturated rings. The third-order valence-electron chi connectivity index (χ3n) is 3.82. The van der Waals surface area contributed by atoms with E-state index in [9.17, 15) is 13.5 Å². The average molecular weight is 377 g/mol. The molecule has 1 unspecified atom stereocenters. The van der Waals surface area contributed by atoms with Gasteiger partial charge in [-0.3, -0.25) is 0 Å². The summed E-state index contributed by atoms with van der Waals surface area (Å²) in [5.74, 6) is 0.462. The number of thiophene rings is 1. The zero-order valence-electron chi connectivity index (χ0n) is 13.9. The molecule has 1 atom stereocenters. The van der Waals surface area contributed by atoms with Gasteiger partial charge in [-0.15, -0.1) is 11.3 Å². The van der Waals surface area contributed by atoms with E-state index in [1.165, 1.54) is 17.6 Å². The fraction of sp³-hybridized carbons (Fsp3) is 0.222. The van der Waals surface area contributed by atoms with Gasteiger partial charge in [0.15, 0.2) is 0 Å². The lowest BCUT2D eigenvalue weighted by molar-refractivity contribution is 0.193. The Hall–Kier alpha value is -1.93. The number of benzene rings is 1. The van der Waals surface area contributed by atoms with Gasteiger partial charge in [0, 0.05) is 16.3 Å². The van der Waals surface area contributed by atoms with Gasteiger partial charge in [-0.2, -0.15) is 0 Å². The number of sulfonamides is 1. The van der Waals surface area contributed by atoms with Crippen LogP contribution < -0.4 is 4.72 Å². The Balaban J connectivity index is 1.71. The van der Waals surface area contributed by atoms with Crippen molar-refractivity contribution in [1.82, 2.24) is 4.72 Å². The van der Waals surface area contributed by atoms with Crippen molar-refractivity contribution >= 4 is 21.4 Å². The molecule has 0 aliphatic rings. The standard InChI is InChI=1S/C18H19NO4S2/c1-12-5-8-17(13(2)10-12)25(21,22)19-11-14-6-7-16(24-14)18(20)15-4-3-9-23-15/h3-10,18-20H,11H2,1-2H3. The number of nitrogens with one attached hydrogen (secondary N) is 1. The summed E-state index contributed by atoms with van der Waals surface area (Å²) < 4.78 is 32.8. The lowest BCUT2D eigenvalue weighted by atomic mass is 10.2. The Morgan fingerprint density at radius 2 is 2.00 bits per heavy atom. The summed E-state index contributed by atoms with van der Waals surface area (Å²) in [5, 5.41) is 10.2. The minimum atomic E-state index is -3.58. The van der Waals surface area contributed by atoms with Gasteiger partial charge < -0.3 is 9.52 Å². The number of aryl methyl sites for hydroxylation is 2. The topological polar surface area (TPSA) is 79.5 Å². The van der Waals surface area contributed by atoms with Crippen LogP contribution >= 0.6 is 11.3 Å². The number of aliphatic hydroxyl groups is 1. The molecule has 0 amide bonds. The first-order valence-corrected chi connectivity index (χ1v) is 10.0. The van der Waals surface area contributed by atoms with Gasteiger partial charge >= 0.3 is 0 Å². The minimum absolute atomic E-state index is 0.172. The first-order valence-electron chi connectivity index (χ1n) is 7.74. The van der Waals surface area contributed by atoms with Gasteiger partial charge in [-0.25, -0.2) is 13.1 Å². The minimum Gasteiger partial charge on any atom is -0.466 e. The Labute approximate surface area is 151 Å². The van der Waals surface area contributed by atoms with Crippen molar-refractivity contribution in [1.29, 1.82) is 0 Å². The maximum Gasteiger partial charge on any atom is 0.241 e. The van der Waals surface area contributed by atoms with Gasteiger partial charge in [0.2, 0.25) is 10.0 Å². The molecule has 0 aliphatic heterocycles. The molecule has 5 nitrogen and oxygen atoms in total. The van der Waals surface area contributed by atoms with Crippen molar-refractivity contribution in [2.75, 3.05) is 0 Å². The normalized spacial score (nSPS) is 13.1. The van der Waals surface area contributed by atoms with Crippen LogP contribution in [-0.4, -0.2) is 13.5 Å².